The lowest BCUT2D eigenvalue weighted by atomic mass is 9.70. The van der Waals surface area contributed by atoms with Crippen LogP contribution in [-0.4, -0.2) is 24.3 Å². The molecule has 0 heterocycles. The SMILES string of the molecule is N=C(N)N=CCC1(CC=NC(=N)N)CCCCC1. The van der Waals surface area contributed by atoms with Gasteiger partial charge in [0.15, 0.2) is 0 Å². The molecule has 1 fully saturated rings. The molecule has 0 bridgehead atoms. The summed E-state index contributed by atoms with van der Waals surface area (Å²) in [6, 6.07) is 0. The van der Waals surface area contributed by atoms with Crippen molar-refractivity contribution in [3.63, 3.8) is 0 Å². The Morgan fingerprint density at radius 2 is 1.39 bits per heavy atom. The Morgan fingerprint density at radius 1 is 0.944 bits per heavy atom. The molecule has 0 saturated heterocycles. The van der Waals surface area contributed by atoms with Gasteiger partial charge in [0.2, 0.25) is 11.9 Å². The van der Waals surface area contributed by atoms with Gasteiger partial charge in [-0.1, -0.05) is 19.3 Å². The molecular formula is C12H22N6. The quantitative estimate of drug-likeness (QED) is 0.447. The van der Waals surface area contributed by atoms with Crippen LogP contribution in [0.5, 0.6) is 0 Å². The molecule has 1 rings (SSSR count). The zero-order chi connectivity index (χ0) is 13.4. The molecule has 0 unspecified atom stereocenters. The highest BCUT2D eigenvalue weighted by Crippen LogP contribution is 2.41. The summed E-state index contributed by atoms with van der Waals surface area (Å²) in [5, 5.41) is 14.2. The number of nitrogens with one attached hydrogen (secondary N) is 2. The van der Waals surface area contributed by atoms with Crippen LogP contribution in [0.4, 0.5) is 0 Å². The second-order valence-electron chi connectivity index (χ2n) is 4.86. The third kappa shape index (κ3) is 5.07. The summed E-state index contributed by atoms with van der Waals surface area (Å²) in [6.45, 7) is 0. The summed E-state index contributed by atoms with van der Waals surface area (Å²) in [6.07, 6.45) is 11.0. The number of rotatable bonds is 4. The van der Waals surface area contributed by atoms with Gasteiger partial charge in [0, 0.05) is 12.4 Å². The van der Waals surface area contributed by atoms with Crippen molar-refractivity contribution >= 4 is 24.3 Å². The molecule has 0 aliphatic heterocycles. The highest BCUT2D eigenvalue weighted by Gasteiger charge is 2.30. The number of guanidine groups is 2. The first-order valence-electron chi connectivity index (χ1n) is 6.27. The molecule has 6 N–H and O–H groups in total. The Morgan fingerprint density at radius 3 is 1.78 bits per heavy atom. The lowest BCUT2D eigenvalue weighted by Gasteiger charge is -2.35. The average molecular weight is 250 g/mol. The first-order chi connectivity index (χ1) is 8.54. The summed E-state index contributed by atoms with van der Waals surface area (Å²) in [7, 11) is 0. The van der Waals surface area contributed by atoms with E-state index in [4.69, 9.17) is 22.3 Å². The largest absolute Gasteiger partial charge is 0.368 e. The van der Waals surface area contributed by atoms with Crippen LogP contribution in [-0.2, 0) is 0 Å². The van der Waals surface area contributed by atoms with Crippen LogP contribution in [0.25, 0.3) is 0 Å². The summed E-state index contributed by atoms with van der Waals surface area (Å²) < 4.78 is 0. The van der Waals surface area contributed by atoms with Crippen LogP contribution >= 0.6 is 0 Å². The fourth-order valence-electron chi connectivity index (χ4n) is 2.47. The number of nitrogens with two attached hydrogens (primary N) is 2. The van der Waals surface area contributed by atoms with E-state index in [2.05, 4.69) is 9.98 Å². The Hall–Kier alpha value is -1.72. The van der Waals surface area contributed by atoms with Crippen molar-refractivity contribution in [2.24, 2.45) is 26.9 Å². The molecule has 0 aromatic rings. The molecule has 6 nitrogen and oxygen atoms in total. The molecule has 0 amide bonds. The van der Waals surface area contributed by atoms with Gasteiger partial charge in [0.05, 0.1) is 0 Å². The second-order valence-corrected chi connectivity index (χ2v) is 4.86. The maximum Gasteiger partial charge on any atom is 0.212 e. The van der Waals surface area contributed by atoms with E-state index in [1.165, 1.54) is 19.3 Å². The Labute approximate surface area is 108 Å². The van der Waals surface area contributed by atoms with Crippen LogP contribution in [0, 0.1) is 16.2 Å². The van der Waals surface area contributed by atoms with Gasteiger partial charge in [0.1, 0.15) is 0 Å². The third-order valence-electron chi connectivity index (χ3n) is 3.42. The van der Waals surface area contributed by atoms with Crippen molar-refractivity contribution in [1.29, 1.82) is 10.8 Å². The minimum absolute atomic E-state index is 0.149. The summed E-state index contributed by atoms with van der Waals surface area (Å²) >= 11 is 0. The summed E-state index contributed by atoms with van der Waals surface area (Å²) in [4.78, 5) is 7.66. The molecule has 0 atom stereocenters. The first kappa shape index (κ1) is 14.3. The van der Waals surface area contributed by atoms with Crippen molar-refractivity contribution in [2.75, 3.05) is 0 Å². The average Bonchev–Trinajstić information content (AvgIpc) is 2.29. The predicted molar refractivity (Wildman–Crippen MR) is 75.6 cm³/mol. The fourth-order valence-corrected chi connectivity index (χ4v) is 2.47. The van der Waals surface area contributed by atoms with Gasteiger partial charge >= 0.3 is 0 Å². The van der Waals surface area contributed by atoms with E-state index < -0.39 is 0 Å². The number of hydrogen-bond acceptors (Lipinski definition) is 2. The minimum atomic E-state index is -0.154. The lowest BCUT2D eigenvalue weighted by molar-refractivity contribution is 0.211. The van der Waals surface area contributed by atoms with Gasteiger partial charge in [-0.2, -0.15) is 0 Å². The molecule has 0 aromatic heterocycles. The topological polar surface area (TPSA) is 124 Å². The van der Waals surface area contributed by atoms with Crippen LogP contribution in [0.15, 0.2) is 9.98 Å². The zero-order valence-electron chi connectivity index (χ0n) is 10.7. The minimum Gasteiger partial charge on any atom is -0.368 e. The van der Waals surface area contributed by atoms with Crippen molar-refractivity contribution in [1.82, 2.24) is 0 Å². The lowest BCUT2D eigenvalue weighted by Crippen LogP contribution is -2.26. The fraction of sp³-hybridized carbons (Fsp3) is 0.667. The molecule has 18 heavy (non-hydrogen) atoms. The van der Waals surface area contributed by atoms with E-state index in [9.17, 15) is 0 Å². The second kappa shape index (κ2) is 6.88. The van der Waals surface area contributed by atoms with Crippen LogP contribution in [0.1, 0.15) is 44.9 Å². The highest BCUT2D eigenvalue weighted by atomic mass is 15.0. The molecule has 1 saturated carbocycles. The number of aliphatic imine (C=N–C) groups is 2. The monoisotopic (exact) mass is 250 g/mol. The molecule has 0 aromatic carbocycles. The molecule has 1 aliphatic rings. The summed E-state index contributed by atoms with van der Waals surface area (Å²) in [5.74, 6) is -0.309. The van der Waals surface area contributed by atoms with Crippen molar-refractivity contribution in [3.8, 4) is 0 Å². The van der Waals surface area contributed by atoms with Gasteiger partial charge in [-0.3, -0.25) is 10.8 Å². The molecule has 6 heteroatoms. The Kier molecular flexibility index (Phi) is 5.48. The standard InChI is InChI=1S/C12H22N6/c13-10(14)17-8-6-12(4-2-1-3-5-12)7-9-18-11(15)16/h8-9H,1-7H2,(H3,13,14)(H3,15,16). The molecule has 100 valence electrons. The molecule has 1 aliphatic carbocycles. The van der Waals surface area contributed by atoms with Crippen molar-refractivity contribution in [3.05, 3.63) is 0 Å². The maximum atomic E-state index is 7.08. The van der Waals surface area contributed by atoms with Gasteiger partial charge in [0.25, 0.3) is 0 Å². The number of hydrogen-bond donors (Lipinski definition) is 4. The van der Waals surface area contributed by atoms with Crippen molar-refractivity contribution < 1.29 is 0 Å². The number of nitrogens with zero attached hydrogens (tertiary/aromatic N) is 2. The van der Waals surface area contributed by atoms with Gasteiger partial charge < -0.3 is 11.5 Å². The normalized spacial score (nSPS) is 19.3. The van der Waals surface area contributed by atoms with Crippen LogP contribution in [0.2, 0.25) is 0 Å². The Bertz CT molecular complexity index is 324. The van der Waals surface area contributed by atoms with Gasteiger partial charge in [-0.05, 0) is 31.1 Å². The summed E-state index contributed by atoms with van der Waals surface area (Å²) in [5.41, 5.74) is 10.6. The van der Waals surface area contributed by atoms with Crippen LogP contribution in [0.3, 0.4) is 0 Å². The predicted octanol–water partition coefficient (Wildman–Crippen LogP) is 1.65. The van der Waals surface area contributed by atoms with Crippen molar-refractivity contribution in [2.45, 2.75) is 44.9 Å². The maximum absolute atomic E-state index is 7.08. The van der Waals surface area contributed by atoms with Gasteiger partial charge in [-0.25, -0.2) is 9.98 Å². The van der Waals surface area contributed by atoms with Gasteiger partial charge in [-0.15, -0.1) is 0 Å². The van der Waals surface area contributed by atoms with E-state index in [-0.39, 0.29) is 17.3 Å². The smallest absolute Gasteiger partial charge is 0.212 e. The zero-order valence-corrected chi connectivity index (χ0v) is 10.7. The molecular weight excluding hydrogens is 228 g/mol. The van der Waals surface area contributed by atoms with E-state index in [1.54, 1.807) is 12.4 Å². The van der Waals surface area contributed by atoms with Crippen LogP contribution < -0.4 is 11.5 Å². The van der Waals surface area contributed by atoms with E-state index in [1.807, 2.05) is 0 Å². The molecule has 0 spiro atoms. The molecule has 0 radical (unpaired) electrons. The first-order valence-corrected chi connectivity index (χ1v) is 6.27. The van der Waals surface area contributed by atoms with E-state index in [0.29, 0.717) is 0 Å². The van der Waals surface area contributed by atoms with E-state index in [0.717, 1.165) is 25.7 Å². The Balaban J connectivity index is 2.62. The van der Waals surface area contributed by atoms with E-state index >= 15 is 0 Å². The highest BCUT2D eigenvalue weighted by molar-refractivity contribution is 5.85. The third-order valence-corrected chi connectivity index (χ3v) is 3.42.